The van der Waals surface area contributed by atoms with Gasteiger partial charge in [0.1, 0.15) is 0 Å². The molecule has 32 heavy (non-hydrogen) atoms. The lowest BCUT2D eigenvalue weighted by Gasteiger charge is -2.10. The van der Waals surface area contributed by atoms with E-state index in [0.29, 0.717) is 0 Å². The molecule has 0 saturated heterocycles. The van der Waals surface area contributed by atoms with Crippen LogP contribution in [-0.4, -0.2) is 14.5 Å². The maximum absolute atomic E-state index is 4.78. The number of pyridine rings is 1. The van der Waals surface area contributed by atoms with E-state index in [4.69, 9.17) is 4.98 Å². The molecule has 3 aromatic heterocycles. The lowest BCUT2D eigenvalue weighted by molar-refractivity contribution is 1.18. The van der Waals surface area contributed by atoms with Crippen molar-refractivity contribution >= 4 is 43.6 Å². The fourth-order valence-corrected chi connectivity index (χ4v) is 4.99. The molecule has 7 aromatic rings. The van der Waals surface area contributed by atoms with Crippen molar-refractivity contribution in [1.82, 2.24) is 14.5 Å². The summed E-state index contributed by atoms with van der Waals surface area (Å²) in [5.41, 5.74) is 7.84. The molecule has 0 unspecified atom stereocenters. The molecule has 0 atom stereocenters. The van der Waals surface area contributed by atoms with Gasteiger partial charge in [0.05, 0.1) is 22.2 Å². The Labute approximate surface area is 184 Å². The van der Waals surface area contributed by atoms with Gasteiger partial charge in [0.2, 0.25) is 0 Å². The maximum Gasteiger partial charge on any atom is 0.0943 e. The molecule has 3 heterocycles. The van der Waals surface area contributed by atoms with Gasteiger partial charge in [-0.25, -0.2) is 0 Å². The zero-order valence-corrected chi connectivity index (χ0v) is 17.3. The van der Waals surface area contributed by atoms with Crippen molar-refractivity contribution in [3.63, 3.8) is 0 Å². The SMILES string of the molecule is c1cc(-c2nccc3c2[nH]c2ccccc23)cc(-n2c3ccccc3c3ccccc32)c1. The van der Waals surface area contributed by atoms with Crippen LogP contribution in [0.15, 0.2) is 109 Å². The number of nitrogens with one attached hydrogen (secondary N) is 1. The van der Waals surface area contributed by atoms with E-state index in [1.807, 2.05) is 6.20 Å². The Morgan fingerprint density at radius 2 is 1.28 bits per heavy atom. The van der Waals surface area contributed by atoms with Gasteiger partial charge >= 0.3 is 0 Å². The van der Waals surface area contributed by atoms with Crippen LogP contribution in [0.3, 0.4) is 0 Å². The van der Waals surface area contributed by atoms with Crippen molar-refractivity contribution < 1.29 is 0 Å². The predicted octanol–water partition coefficient (Wildman–Crippen LogP) is 7.48. The average Bonchev–Trinajstić information content (AvgIpc) is 3.40. The molecule has 0 bridgehead atoms. The highest BCUT2D eigenvalue weighted by molar-refractivity contribution is 6.11. The Hall–Kier alpha value is -4.37. The third-order valence-electron chi connectivity index (χ3n) is 6.39. The van der Waals surface area contributed by atoms with E-state index < -0.39 is 0 Å². The summed E-state index contributed by atoms with van der Waals surface area (Å²) in [6.45, 7) is 0. The molecule has 0 fully saturated rings. The third kappa shape index (κ3) is 2.39. The minimum absolute atomic E-state index is 0.973. The van der Waals surface area contributed by atoms with Crippen LogP contribution < -0.4 is 0 Å². The van der Waals surface area contributed by atoms with E-state index in [0.717, 1.165) is 28.0 Å². The smallest absolute Gasteiger partial charge is 0.0943 e. The first-order chi connectivity index (χ1) is 15.9. The summed E-state index contributed by atoms with van der Waals surface area (Å²) in [7, 11) is 0. The highest BCUT2D eigenvalue weighted by atomic mass is 15.0. The summed E-state index contributed by atoms with van der Waals surface area (Å²) in [6.07, 6.45) is 1.91. The Balaban J connectivity index is 1.50. The summed E-state index contributed by atoms with van der Waals surface area (Å²) >= 11 is 0. The van der Waals surface area contributed by atoms with Crippen LogP contribution in [0, 0.1) is 0 Å². The van der Waals surface area contributed by atoms with Crippen LogP contribution in [0.2, 0.25) is 0 Å². The average molecular weight is 409 g/mol. The highest BCUT2D eigenvalue weighted by Crippen LogP contribution is 2.35. The second-order valence-corrected chi connectivity index (χ2v) is 8.17. The number of para-hydroxylation sites is 3. The van der Waals surface area contributed by atoms with Gasteiger partial charge in [0.15, 0.2) is 0 Å². The summed E-state index contributed by atoms with van der Waals surface area (Å²) in [5.74, 6) is 0. The second-order valence-electron chi connectivity index (χ2n) is 8.17. The van der Waals surface area contributed by atoms with Gasteiger partial charge in [-0.1, -0.05) is 66.7 Å². The van der Waals surface area contributed by atoms with Gasteiger partial charge in [-0.3, -0.25) is 4.98 Å². The van der Waals surface area contributed by atoms with E-state index in [1.54, 1.807) is 0 Å². The van der Waals surface area contributed by atoms with Crippen molar-refractivity contribution in [3.05, 3.63) is 109 Å². The Bertz CT molecular complexity index is 1730. The Morgan fingerprint density at radius 1 is 0.594 bits per heavy atom. The molecule has 7 rings (SSSR count). The fraction of sp³-hybridized carbons (Fsp3) is 0. The quantitative estimate of drug-likeness (QED) is 0.315. The number of hydrogen-bond acceptors (Lipinski definition) is 1. The summed E-state index contributed by atoms with van der Waals surface area (Å²) in [6, 6.07) is 36.4. The monoisotopic (exact) mass is 409 g/mol. The van der Waals surface area contributed by atoms with Crippen molar-refractivity contribution in [2.24, 2.45) is 0 Å². The summed E-state index contributed by atoms with van der Waals surface area (Å²) in [4.78, 5) is 8.37. The van der Waals surface area contributed by atoms with Crippen LogP contribution in [0.1, 0.15) is 0 Å². The molecule has 3 heteroatoms. The van der Waals surface area contributed by atoms with E-state index >= 15 is 0 Å². The van der Waals surface area contributed by atoms with E-state index in [1.165, 1.54) is 32.6 Å². The van der Waals surface area contributed by atoms with E-state index in [-0.39, 0.29) is 0 Å². The topological polar surface area (TPSA) is 33.6 Å². The molecular formula is C29H19N3. The van der Waals surface area contributed by atoms with Crippen molar-refractivity contribution in [2.45, 2.75) is 0 Å². The zero-order chi connectivity index (χ0) is 21.1. The molecule has 0 amide bonds. The first-order valence-electron chi connectivity index (χ1n) is 10.8. The maximum atomic E-state index is 4.78. The third-order valence-corrected chi connectivity index (χ3v) is 6.39. The first-order valence-corrected chi connectivity index (χ1v) is 10.8. The number of aromatic nitrogens is 3. The number of fused-ring (bicyclic) bond motifs is 6. The Kier molecular flexibility index (Phi) is 3.55. The molecule has 0 radical (unpaired) electrons. The molecule has 1 N–H and O–H groups in total. The van der Waals surface area contributed by atoms with Gasteiger partial charge in [-0.15, -0.1) is 0 Å². The molecule has 0 aliphatic carbocycles. The molecular weight excluding hydrogens is 390 g/mol. The lowest BCUT2D eigenvalue weighted by Crippen LogP contribution is -1.95. The molecule has 0 aliphatic rings. The van der Waals surface area contributed by atoms with Crippen LogP contribution in [0.5, 0.6) is 0 Å². The van der Waals surface area contributed by atoms with Gasteiger partial charge in [-0.2, -0.15) is 0 Å². The normalized spacial score (nSPS) is 11.8. The van der Waals surface area contributed by atoms with Crippen LogP contribution >= 0.6 is 0 Å². The van der Waals surface area contributed by atoms with Gasteiger partial charge in [0, 0.05) is 44.5 Å². The number of nitrogens with zero attached hydrogens (tertiary/aromatic N) is 2. The van der Waals surface area contributed by atoms with Crippen LogP contribution in [0.4, 0.5) is 0 Å². The fourth-order valence-electron chi connectivity index (χ4n) is 4.99. The first kappa shape index (κ1) is 17.3. The summed E-state index contributed by atoms with van der Waals surface area (Å²) < 4.78 is 2.35. The number of rotatable bonds is 2. The number of H-pyrrole nitrogens is 1. The second kappa shape index (κ2) is 6.56. The van der Waals surface area contributed by atoms with Gasteiger partial charge < -0.3 is 9.55 Å². The minimum atomic E-state index is 0.973. The number of aromatic amines is 1. The predicted molar refractivity (Wildman–Crippen MR) is 133 cm³/mol. The molecule has 3 nitrogen and oxygen atoms in total. The van der Waals surface area contributed by atoms with Crippen LogP contribution in [0.25, 0.3) is 60.6 Å². The van der Waals surface area contributed by atoms with Crippen molar-refractivity contribution in [3.8, 4) is 16.9 Å². The number of benzene rings is 4. The molecule has 4 aromatic carbocycles. The summed E-state index contributed by atoms with van der Waals surface area (Å²) in [5, 5.41) is 4.96. The van der Waals surface area contributed by atoms with E-state index in [2.05, 4.69) is 113 Å². The lowest BCUT2D eigenvalue weighted by atomic mass is 10.1. The Morgan fingerprint density at radius 3 is 2.06 bits per heavy atom. The molecule has 0 aliphatic heterocycles. The minimum Gasteiger partial charge on any atom is -0.353 e. The largest absolute Gasteiger partial charge is 0.353 e. The molecule has 150 valence electrons. The van der Waals surface area contributed by atoms with Crippen molar-refractivity contribution in [2.75, 3.05) is 0 Å². The molecule has 0 spiro atoms. The van der Waals surface area contributed by atoms with Crippen LogP contribution in [-0.2, 0) is 0 Å². The van der Waals surface area contributed by atoms with Gasteiger partial charge in [-0.05, 0) is 36.4 Å². The van der Waals surface area contributed by atoms with Gasteiger partial charge in [0.25, 0.3) is 0 Å². The zero-order valence-electron chi connectivity index (χ0n) is 17.3. The highest BCUT2D eigenvalue weighted by Gasteiger charge is 2.14. The molecule has 0 saturated carbocycles. The van der Waals surface area contributed by atoms with E-state index in [9.17, 15) is 0 Å². The van der Waals surface area contributed by atoms with Crippen molar-refractivity contribution in [1.29, 1.82) is 0 Å². The number of hydrogen-bond donors (Lipinski definition) is 1. The standard InChI is InChI=1S/C29H19N3/c1-4-13-25-21(10-1)24-16-17-30-28(29(24)31-25)19-8-7-9-20(18-19)32-26-14-5-2-11-22(26)23-12-3-6-15-27(23)32/h1-18,31H.